The van der Waals surface area contributed by atoms with Crippen molar-refractivity contribution in [2.45, 2.75) is 13.0 Å². The van der Waals surface area contributed by atoms with Crippen LogP contribution in [-0.2, 0) is 4.79 Å². The topological polar surface area (TPSA) is 73.3 Å². The van der Waals surface area contributed by atoms with Crippen LogP contribution in [0.1, 0.15) is 5.01 Å². The van der Waals surface area contributed by atoms with E-state index in [9.17, 15) is 4.79 Å². The fourth-order valence-corrected chi connectivity index (χ4v) is 4.73. The number of benzene rings is 2. The molecule has 0 bridgehead atoms. The summed E-state index contributed by atoms with van der Waals surface area (Å²) in [5.74, 6) is 0.958. The number of carbonyl (C=O) groups is 1. The molecule has 0 spiro atoms. The van der Waals surface area contributed by atoms with Crippen molar-refractivity contribution in [1.29, 1.82) is 0 Å². The number of anilines is 1. The van der Waals surface area contributed by atoms with E-state index in [0.717, 1.165) is 25.4 Å². The van der Waals surface area contributed by atoms with E-state index in [1.807, 2.05) is 37.3 Å². The first-order valence-corrected chi connectivity index (χ1v) is 9.67. The van der Waals surface area contributed by atoms with E-state index < -0.39 is 6.10 Å². The van der Waals surface area contributed by atoms with Gasteiger partial charge in [-0.15, -0.1) is 11.3 Å². The van der Waals surface area contributed by atoms with Crippen LogP contribution in [-0.4, -0.2) is 28.6 Å². The molecule has 2 aromatic heterocycles. The Kier molecular flexibility index (Phi) is 3.54. The van der Waals surface area contributed by atoms with Crippen LogP contribution in [0.3, 0.4) is 0 Å². The van der Waals surface area contributed by atoms with Gasteiger partial charge in [0.1, 0.15) is 12.1 Å². The van der Waals surface area contributed by atoms with Gasteiger partial charge in [0.15, 0.2) is 16.6 Å². The van der Waals surface area contributed by atoms with Crippen LogP contribution in [0.5, 0.6) is 11.5 Å². The van der Waals surface area contributed by atoms with E-state index in [1.54, 1.807) is 17.4 Å². The Morgan fingerprint density at radius 2 is 2.00 bits per heavy atom. The molecule has 1 aliphatic rings. The number of aromatic nitrogens is 2. The van der Waals surface area contributed by atoms with Crippen LogP contribution in [0.2, 0.25) is 0 Å². The lowest BCUT2D eigenvalue weighted by molar-refractivity contribution is -0.125. The van der Waals surface area contributed by atoms with Gasteiger partial charge in [-0.25, -0.2) is 9.97 Å². The fraction of sp³-hybridized carbons (Fsp3) is 0.167. The SMILES string of the molecule is Cc1nc2ccc3sc(NC(=O)[C@H]4COc5ccccc5O4)nc3c2s1. The maximum atomic E-state index is 12.6. The van der Waals surface area contributed by atoms with Gasteiger partial charge in [0.05, 0.1) is 19.9 Å². The number of thiazole rings is 2. The highest BCUT2D eigenvalue weighted by Gasteiger charge is 2.28. The lowest BCUT2D eigenvalue weighted by Crippen LogP contribution is -2.40. The molecule has 1 aliphatic heterocycles. The minimum atomic E-state index is -0.706. The third-order valence-electron chi connectivity index (χ3n) is 4.05. The monoisotopic (exact) mass is 383 g/mol. The Morgan fingerprint density at radius 1 is 1.15 bits per heavy atom. The van der Waals surface area contributed by atoms with Crippen molar-refractivity contribution in [2.24, 2.45) is 0 Å². The van der Waals surface area contributed by atoms with Gasteiger partial charge in [-0.3, -0.25) is 10.1 Å². The molecule has 0 saturated carbocycles. The second-order valence-electron chi connectivity index (χ2n) is 5.87. The predicted octanol–water partition coefficient (Wildman–Crippen LogP) is 3.99. The summed E-state index contributed by atoms with van der Waals surface area (Å²) in [7, 11) is 0. The summed E-state index contributed by atoms with van der Waals surface area (Å²) in [5.41, 5.74) is 1.81. The zero-order valence-electron chi connectivity index (χ0n) is 13.7. The highest BCUT2D eigenvalue weighted by Crippen LogP contribution is 2.35. The number of rotatable bonds is 2. The second-order valence-corrected chi connectivity index (χ2v) is 8.10. The zero-order chi connectivity index (χ0) is 17.7. The molecule has 0 aliphatic carbocycles. The minimum Gasteiger partial charge on any atom is -0.485 e. The molecule has 1 amide bonds. The average molecular weight is 383 g/mol. The number of amides is 1. The van der Waals surface area contributed by atoms with Crippen LogP contribution in [0, 0.1) is 6.92 Å². The van der Waals surface area contributed by atoms with Crippen molar-refractivity contribution in [2.75, 3.05) is 11.9 Å². The van der Waals surface area contributed by atoms with Crippen LogP contribution < -0.4 is 14.8 Å². The van der Waals surface area contributed by atoms with Crippen molar-refractivity contribution in [3.8, 4) is 11.5 Å². The molecule has 1 atom stereocenters. The van der Waals surface area contributed by atoms with E-state index in [0.29, 0.717) is 16.6 Å². The van der Waals surface area contributed by atoms with Crippen molar-refractivity contribution in [1.82, 2.24) is 9.97 Å². The number of para-hydroxylation sites is 2. The lowest BCUT2D eigenvalue weighted by atomic mass is 10.2. The first-order chi connectivity index (χ1) is 12.7. The normalized spacial score (nSPS) is 16.1. The summed E-state index contributed by atoms with van der Waals surface area (Å²) in [4.78, 5) is 21.6. The summed E-state index contributed by atoms with van der Waals surface area (Å²) in [5, 5.41) is 4.40. The molecule has 130 valence electrons. The number of aryl methyl sites for hydroxylation is 1. The molecule has 3 heterocycles. The predicted molar refractivity (Wildman–Crippen MR) is 103 cm³/mol. The highest BCUT2D eigenvalue weighted by atomic mass is 32.1. The molecule has 8 heteroatoms. The van der Waals surface area contributed by atoms with Gasteiger partial charge < -0.3 is 9.47 Å². The van der Waals surface area contributed by atoms with Gasteiger partial charge in [-0.05, 0) is 31.2 Å². The first kappa shape index (κ1) is 15.5. The van der Waals surface area contributed by atoms with Crippen molar-refractivity contribution in [3.63, 3.8) is 0 Å². The fourth-order valence-electron chi connectivity index (χ4n) is 2.88. The molecular weight excluding hydrogens is 370 g/mol. The first-order valence-electron chi connectivity index (χ1n) is 8.03. The van der Waals surface area contributed by atoms with Crippen molar-refractivity contribution in [3.05, 3.63) is 41.4 Å². The Morgan fingerprint density at radius 3 is 2.88 bits per heavy atom. The summed E-state index contributed by atoms with van der Waals surface area (Å²) in [6.07, 6.45) is -0.706. The maximum Gasteiger partial charge on any atom is 0.270 e. The van der Waals surface area contributed by atoms with Gasteiger partial charge in [-0.1, -0.05) is 23.5 Å². The Hall–Kier alpha value is -2.71. The smallest absolute Gasteiger partial charge is 0.270 e. The Balaban J connectivity index is 1.41. The largest absolute Gasteiger partial charge is 0.485 e. The lowest BCUT2D eigenvalue weighted by Gasteiger charge is -2.25. The van der Waals surface area contributed by atoms with Gasteiger partial charge in [0, 0.05) is 0 Å². The number of ether oxygens (including phenoxy) is 2. The van der Waals surface area contributed by atoms with Gasteiger partial charge >= 0.3 is 0 Å². The summed E-state index contributed by atoms with van der Waals surface area (Å²) in [6.45, 7) is 2.15. The van der Waals surface area contributed by atoms with E-state index in [-0.39, 0.29) is 12.5 Å². The molecule has 26 heavy (non-hydrogen) atoms. The van der Waals surface area contributed by atoms with Crippen LogP contribution in [0.25, 0.3) is 20.4 Å². The van der Waals surface area contributed by atoms with E-state index in [2.05, 4.69) is 15.3 Å². The third-order valence-corrected chi connectivity index (χ3v) is 5.98. The number of carbonyl (C=O) groups excluding carboxylic acids is 1. The summed E-state index contributed by atoms with van der Waals surface area (Å²) in [6, 6.07) is 11.3. The number of nitrogens with zero attached hydrogens (tertiary/aromatic N) is 2. The molecule has 4 aromatic rings. The molecule has 5 rings (SSSR count). The number of fused-ring (bicyclic) bond motifs is 4. The molecule has 0 unspecified atom stereocenters. The molecule has 0 radical (unpaired) electrons. The van der Waals surface area contributed by atoms with Crippen LogP contribution >= 0.6 is 22.7 Å². The van der Waals surface area contributed by atoms with E-state index in [4.69, 9.17) is 9.47 Å². The number of nitrogens with one attached hydrogen (secondary N) is 1. The Bertz CT molecular complexity index is 1150. The third kappa shape index (κ3) is 2.58. The molecule has 0 saturated heterocycles. The average Bonchev–Trinajstić information content (AvgIpc) is 3.23. The standard InChI is InChI=1S/C18H13N3O3S2/c1-9-19-10-6-7-14-15(16(10)25-9)20-18(26-14)21-17(22)13-8-23-11-4-2-3-5-12(11)24-13/h2-7,13H,8H2,1H3,(H,20,21,22)/t13-/m1/s1. The number of hydrogen-bond donors (Lipinski definition) is 1. The van der Waals surface area contributed by atoms with Crippen molar-refractivity contribution >= 4 is 54.1 Å². The molecule has 0 fully saturated rings. The van der Waals surface area contributed by atoms with Gasteiger partial charge in [0.25, 0.3) is 5.91 Å². The molecule has 1 N–H and O–H groups in total. The summed E-state index contributed by atoms with van der Waals surface area (Å²) >= 11 is 3.05. The number of hydrogen-bond acceptors (Lipinski definition) is 7. The van der Waals surface area contributed by atoms with E-state index in [1.165, 1.54) is 11.3 Å². The summed E-state index contributed by atoms with van der Waals surface area (Å²) < 4.78 is 13.4. The second kappa shape index (κ2) is 5.93. The minimum absolute atomic E-state index is 0.173. The Labute approximate surface area is 156 Å². The molecule has 6 nitrogen and oxygen atoms in total. The van der Waals surface area contributed by atoms with Gasteiger partial charge in [0.2, 0.25) is 6.10 Å². The maximum absolute atomic E-state index is 12.6. The van der Waals surface area contributed by atoms with Crippen LogP contribution in [0.15, 0.2) is 36.4 Å². The highest BCUT2D eigenvalue weighted by molar-refractivity contribution is 7.24. The molecular formula is C18H13N3O3S2. The van der Waals surface area contributed by atoms with Crippen LogP contribution in [0.4, 0.5) is 5.13 Å². The van der Waals surface area contributed by atoms with Gasteiger partial charge in [-0.2, -0.15) is 0 Å². The van der Waals surface area contributed by atoms with Crippen molar-refractivity contribution < 1.29 is 14.3 Å². The zero-order valence-corrected chi connectivity index (χ0v) is 15.3. The van der Waals surface area contributed by atoms with E-state index >= 15 is 0 Å². The molecule has 2 aromatic carbocycles. The quantitative estimate of drug-likeness (QED) is 0.566.